The predicted molar refractivity (Wildman–Crippen MR) is 89.7 cm³/mol. The smallest absolute Gasteiger partial charge is 0.239 e. The van der Waals surface area contributed by atoms with E-state index in [-0.39, 0.29) is 5.91 Å². The number of nitrogens with one attached hydrogen (secondary N) is 2. The van der Waals surface area contributed by atoms with Gasteiger partial charge in [0.05, 0.1) is 19.3 Å². The molecule has 2 N–H and O–H groups in total. The monoisotopic (exact) mass is 362 g/mol. The zero-order valence-corrected chi connectivity index (χ0v) is 13.8. The molecule has 0 radical (unpaired) electrons. The van der Waals surface area contributed by atoms with Crippen LogP contribution in [-0.4, -0.2) is 28.8 Å². The van der Waals surface area contributed by atoms with Gasteiger partial charge in [-0.3, -0.25) is 4.79 Å². The van der Waals surface area contributed by atoms with Crippen molar-refractivity contribution in [1.29, 1.82) is 0 Å². The number of benzene rings is 1. The van der Waals surface area contributed by atoms with Gasteiger partial charge in [0.2, 0.25) is 5.91 Å². The fourth-order valence-corrected chi connectivity index (χ4v) is 2.49. The SMILES string of the molecule is O=C(CNCC1CC1)Nc1ccnn1Cc1ccc(Br)cc1. The highest BCUT2D eigenvalue weighted by atomic mass is 79.9. The van der Waals surface area contributed by atoms with Gasteiger partial charge >= 0.3 is 0 Å². The summed E-state index contributed by atoms with van der Waals surface area (Å²) in [4.78, 5) is 11.9. The summed E-state index contributed by atoms with van der Waals surface area (Å²) in [5.74, 6) is 1.47. The highest BCUT2D eigenvalue weighted by Crippen LogP contribution is 2.27. The van der Waals surface area contributed by atoms with Crippen molar-refractivity contribution in [2.45, 2.75) is 19.4 Å². The standard InChI is InChI=1S/C16H19BrN4O/c17-14-5-3-13(4-6-14)11-21-15(7-8-19-21)20-16(22)10-18-9-12-1-2-12/h3-8,12,18H,1-2,9-11H2,(H,20,22). The van der Waals surface area contributed by atoms with Gasteiger partial charge in [0.1, 0.15) is 5.82 Å². The second kappa shape index (κ2) is 7.07. The molecule has 0 saturated heterocycles. The van der Waals surface area contributed by atoms with Crippen LogP contribution >= 0.6 is 15.9 Å². The minimum absolute atomic E-state index is 0.0294. The van der Waals surface area contributed by atoms with E-state index in [9.17, 15) is 4.79 Å². The maximum atomic E-state index is 11.9. The molecule has 1 aromatic carbocycles. The van der Waals surface area contributed by atoms with Crippen molar-refractivity contribution in [3.63, 3.8) is 0 Å². The number of hydrogen-bond donors (Lipinski definition) is 2. The van der Waals surface area contributed by atoms with Crippen LogP contribution in [0.1, 0.15) is 18.4 Å². The van der Waals surface area contributed by atoms with Gasteiger partial charge in [-0.05, 0) is 43.0 Å². The molecule has 116 valence electrons. The first-order chi connectivity index (χ1) is 10.7. The van der Waals surface area contributed by atoms with E-state index in [1.807, 2.05) is 30.3 Å². The Hall–Kier alpha value is -1.66. The molecule has 22 heavy (non-hydrogen) atoms. The van der Waals surface area contributed by atoms with Crippen LogP contribution in [0, 0.1) is 5.92 Å². The fraction of sp³-hybridized carbons (Fsp3) is 0.375. The lowest BCUT2D eigenvalue weighted by molar-refractivity contribution is -0.115. The number of nitrogens with zero attached hydrogens (tertiary/aromatic N) is 2. The number of carbonyl (C=O) groups excluding carboxylic acids is 1. The van der Waals surface area contributed by atoms with Crippen LogP contribution in [0.5, 0.6) is 0 Å². The number of anilines is 1. The van der Waals surface area contributed by atoms with Crippen LogP contribution in [0.25, 0.3) is 0 Å². The largest absolute Gasteiger partial charge is 0.310 e. The lowest BCUT2D eigenvalue weighted by Gasteiger charge is -2.10. The second-order valence-electron chi connectivity index (χ2n) is 5.62. The van der Waals surface area contributed by atoms with Gasteiger partial charge in [-0.15, -0.1) is 0 Å². The third kappa shape index (κ3) is 4.42. The maximum absolute atomic E-state index is 11.9. The molecular weight excluding hydrogens is 344 g/mol. The molecule has 1 aliphatic carbocycles. The van der Waals surface area contributed by atoms with Crippen LogP contribution in [-0.2, 0) is 11.3 Å². The molecule has 0 spiro atoms. The van der Waals surface area contributed by atoms with E-state index in [0.29, 0.717) is 13.1 Å². The maximum Gasteiger partial charge on any atom is 0.239 e. The topological polar surface area (TPSA) is 59.0 Å². The first-order valence-electron chi connectivity index (χ1n) is 7.47. The summed E-state index contributed by atoms with van der Waals surface area (Å²) in [5, 5.41) is 10.4. The van der Waals surface area contributed by atoms with E-state index in [2.05, 4.69) is 31.7 Å². The summed E-state index contributed by atoms with van der Waals surface area (Å²) in [6, 6.07) is 9.89. The molecule has 3 rings (SSSR count). The van der Waals surface area contributed by atoms with Gasteiger partial charge < -0.3 is 10.6 Å². The highest BCUT2D eigenvalue weighted by Gasteiger charge is 2.20. The average molecular weight is 363 g/mol. The van der Waals surface area contributed by atoms with Gasteiger partial charge in [0, 0.05) is 10.5 Å². The van der Waals surface area contributed by atoms with Crippen molar-refractivity contribution < 1.29 is 4.79 Å². The molecule has 2 aromatic rings. The zero-order valence-electron chi connectivity index (χ0n) is 12.3. The van der Waals surface area contributed by atoms with Gasteiger partial charge in [-0.1, -0.05) is 28.1 Å². The quantitative estimate of drug-likeness (QED) is 0.795. The van der Waals surface area contributed by atoms with Crippen molar-refractivity contribution in [1.82, 2.24) is 15.1 Å². The number of aromatic nitrogens is 2. The molecule has 6 heteroatoms. The first-order valence-corrected chi connectivity index (χ1v) is 8.27. The van der Waals surface area contributed by atoms with Gasteiger partial charge in [0.25, 0.3) is 0 Å². The molecule has 0 atom stereocenters. The van der Waals surface area contributed by atoms with Crippen LogP contribution < -0.4 is 10.6 Å². The number of rotatable bonds is 7. The Labute approximate surface area is 138 Å². The van der Waals surface area contributed by atoms with Crippen LogP contribution in [0.3, 0.4) is 0 Å². The Balaban J connectivity index is 1.54. The molecule has 5 nitrogen and oxygen atoms in total. The zero-order chi connectivity index (χ0) is 15.4. The van der Waals surface area contributed by atoms with Gasteiger partial charge in [-0.2, -0.15) is 5.10 Å². The van der Waals surface area contributed by atoms with E-state index >= 15 is 0 Å². The number of carbonyl (C=O) groups is 1. The predicted octanol–water partition coefficient (Wildman–Crippen LogP) is 2.63. The Morgan fingerprint density at radius 1 is 1.27 bits per heavy atom. The van der Waals surface area contributed by atoms with Gasteiger partial charge in [0.15, 0.2) is 0 Å². The van der Waals surface area contributed by atoms with E-state index in [1.54, 1.807) is 10.9 Å². The molecular formula is C16H19BrN4O. The summed E-state index contributed by atoms with van der Waals surface area (Å²) in [6.07, 6.45) is 4.27. The minimum atomic E-state index is -0.0294. The van der Waals surface area contributed by atoms with Gasteiger partial charge in [-0.25, -0.2) is 4.68 Å². The van der Waals surface area contributed by atoms with Crippen molar-refractivity contribution in [2.24, 2.45) is 5.92 Å². The van der Waals surface area contributed by atoms with Crippen molar-refractivity contribution in [3.8, 4) is 0 Å². The van der Waals surface area contributed by atoms with Crippen molar-refractivity contribution in [3.05, 3.63) is 46.6 Å². The lowest BCUT2D eigenvalue weighted by Crippen LogP contribution is -2.30. The molecule has 0 bridgehead atoms. The number of halogens is 1. The Bertz CT molecular complexity index is 634. The third-order valence-corrected chi connectivity index (χ3v) is 4.17. The van der Waals surface area contributed by atoms with E-state index < -0.39 is 0 Å². The first kappa shape index (κ1) is 15.2. The fourth-order valence-electron chi connectivity index (χ4n) is 2.23. The molecule has 1 aliphatic rings. The summed E-state index contributed by atoms with van der Waals surface area (Å²) in [6.45, 7) is 1.91. The second-order valence-corrected chi connectivity index (χ2v) is 6.54. The lowest BCUT2D eigenvalue weighted by atomic mass is 10.2. The van der Waals surface area contributed by atoms with E-state index in [1.165, 1.54) is 12.8 Å². The average Bonchev–Trinajstić information content (AvgIpc) is 3.23. The van der Waals surface area contributed by atoms with Crippen LogP contribution in [0.2, 0.25) is 0 Å². The van der Waals surface area contributed by atoms with E-state index in [0.717, 1.165) is 28.3 Å². The van der Waals surface area contributed by atoms with Crippen molar-refractivity contribution >= 4 is 27.7 Å². The summed E-state index contributed by atoms with van der Waals surface area (Å²) >= 11 is 3.42. The van der Waals surface area contributed by atoms with Crippen LogP contribution in [0.4, 0.5) is 5.82 Å². The normalized spacial score (nSPS) is 14.0. The summed E-state index contributed by atoms with van der Waals surface area (Å²) in [7, 11) is 0. The van der Waals surface area contributed by atoms with Crippen LogP contribution in [0.15, 0.2) is 41.0 Å². The highest BCUT2D eigenvalue weighted by molar-refractivity contribution is 9.10. The number of hydrogen-bond acceptors (Lipinski definition) is 3. The molecule has 1 heterocycles. The Kier molecular flexibility index (Phi) is 4.90. The molecule has 1 amide bonds. The van der Waals surface area contributed by atoms with Crippen molar-refractivity contribution in [2.75, 3.05) is 18.4 Å². The summed E-state index contributed by atoms with van der Waals surface area (Å²) < 4.78 is 2.84. The Morgan fingerprint density at radius 2 is 2.05 bits per heavy atom. The summed E-state index contributed by atoms with van der Waals surface area (Å²) in [5.41, 5.74) is 1.13. The minimum Gasteiger partial charge on any atom is -0.310 e. The van der Waals surface area contributed by atoms with E-state index in [4.69, 9.17) is 0 Å². The molecule has 1 fully saturated rings. The molecule has 0 aliphatic heterocycles. The third-order valence-electron chi connectivity index (χ3n) is 3.65. The number of amides is 1. The molecule has 1 saturated carbocycles. The Morgan fingerprint density at radius 3 is 2.77 bits per heavy atom. The molecule has 0 unspecified atom stereocenters. The molecule has 1 aromatic heterocycles.